The SMILES string of the molecule is CCCOC1CCCN(C(CC)CNC(C)(C)C)C1. The van der Waals surface area contributed by atoms with Crippen LogP contribution in [0, 0.1) is 0 Å². The second-order valence-corrected chi connectivity index (χ2v) is 6.82. The summed E-state index contributed by atoms with van der Waals surface area (Å²) in [4.78, 5) is 2.63. The molecule has 1 rings (SSSR count). The van der Waals surface area contributed by atoms with Crippen LogP contribution in [-0.4, -0.2) is 48.8 Å². The van der Waals surface area contributed by atoms with Gasteiger partial charge in [0.25, 0.3) is 0 Å². The summed E-state index contributed by atoms with van der Waals surface area (Å²) in [6.45, 7) is 15.5. The van der Waals surface area contributed by atoms with Gasteiger partial charge in [0.1, 0.15) is 0 Å². The van der Waals surface area contributed by atoms with Crippen molar-refractivity contribution in [3.05, 3.63) is 0 Å². The molecule has 2 atom stereocenters. The minimum Gasteiger partial charge on any atom is -0.377 e. The van der Waals surface area contributed by atoms with Crippen LogP contribution in [0.15, 0.2) is 0 Å². The summed E-state index contributed by atoms with van der Waals surface area (Å²) in [7, 11) is 0. The van der Waals surface area contributed by atoms with E-state index in [-0.39, 0.29) is 5.54 Å². The predicted octanol–water partition coefficient (Wildman–Crippen LogP) is 3.04. The molecule has 3 nitrogen and oxygen atoms in total. The van der Waals surface area contributed by atoms with E-state index in [1.165, 1.54) is 25.8 Å². The van der Waals surface area contributed by atoms with Crippen LogP contribution in [0.25, 0.3) is 0 Å². The molecule has 1 saturated heterocycles. The van der Waals surface area contributed by atoms with Gasteiger partial charge in [-0.3, -0.25) is 4.90 Å². The highest BCUT2D eigenvalue weighted by molar-refractivity contribution is 4.82. The molecule has 114 valence electrons. The Balaban J connectivity index is 2.41. The van der Waals surface area contributed by atoms with Gasteiger partial charge in [0, 0.05) is 31.3 Å². The van der Waals surface area contributed by atoms with Crippen LogP contribution >= 0.6 is 0 Å². The third-order valence-electron chi connectivity index (χ3n) is 3.82. The molecule has 0 saturated carbocycles. The maximum absolute atomic E-state index is 5.94. The molecule has 1 heterocycles. The van der Waals surface area contributed by atoms with E-state index < -0.39 is 0 Å². The lowest BCUT2D eigenvalue weighted by Gasteiger charge is -2.39. The Kier molecular flexibility index (Phi) is 7.33. The average molecular weight is 270 g/mol. The molecule has 0 amide bonds. The summed E-state index contributed by atoms with van der Waals surface area (Å²) < 4.78 is 5.94. The van der Waals surface area contributed by atoms with Gasteiger partial charge in [-0.05, 0) is 53.0 Å². The highest BCUT2D eigenvalue weighted by Crippen LogP contribution is 2.17. The average Bonchev–Trinajstić information content (AvgIpc) is 2.36. The summed E-state index contributed by atoms with van der Waals surface area (Å²) in [5.41, 5.74) is 0.210. The summed E-state index contributed by atoms with van der Waals surface area (Å²) in [5.74, 6) is 0. The number of nitrogens with one attached hydrogen (secondary N) is 1. The van der Waals surface area contributed by atoms with Gasteiger partial charge in [-0.25, -0.2) is 0 Å². The molecule has 0 aromatic carbocycles. The van der Waals surface area contributed by atoms with Gasteiger partial charge in [-0.1, -0.05) is 13.8 Å². The fourth-order valence-electron chi connectivity index (χ4n) is 2.67. The minimum absolute atomic E-state index is 0.210. The monoisotopic (exact) mass is 270 g/mol. The lowest BCUT2D eigenvalue weighted by molar-refractivity contribution is -0.0134. The predicted molar refractivity (Wildman–Crippen MR) is 82.7 cm³/mol. The number of ether oxygens (including phenoxy) is 1. The van der Waals surface area contributed by atoms with Crippen molar-refractivity contribution in [2.24, 2.45) is 0 Å². The first-order valence-corrected chi connectivity index (χ1v) is 8.07. The van der Waals surface area contributed by atoms with Gasteiger partial charge in [0.05, 0.1) is 6.10 Å². The zero-order chi connectivity index (χ0) is 14.3. The van der Waals surface area contributed by atoms with Gasteiger partial charge in [0.15, 0.2) is 0 Å². The van der Waals surface area contributed by atoms with E-state index in [1.54, 1.807) is 0 Å². The second-order valence-electron chi connectivity index (χ2n) is 6.82. The Morgan fingerprint density at radius 2 is 2.05 bits per heavy atom. The molecule has 1 N–H and O–H groups in total. The third-order valence-corrected chi connectivity index (χ3v) is 3.82. The second kappa shape index (κ2) is 8.23. The van der Waals surface area contributed by atoms with E-state index in [4.69, 9.17) is 4.74 Å². The summed E-state index contributed by atoms with van der Waals surface area (Å²) in [6, 6.07) is 0.646. The Morgan fingerprint density at radius 1 is 1.32 bits per heavy atom. The summed E-state index contributed by atoms with van der Waals surface area (Å²) >= 11 is 0. The molecule has 1 fully saturated rings. The van der Waals surface area contributed by atoms with Gasteiger partial charge in [0.2, 0.25) is 0 Å². The number of likely N-dealkylation sites (tertiary alicyclic amines) is 1. The van der Waals surface area contributed by atoms with E-state index in [0.29, 0.717) is 12.1 Å². The van der Waals surface area contributed by atoms with E-state index in [9.17, 15) is 0 Å². The van der Waals surface area contributed by atoms with Crippen molar-refractivity contribution >= 4 is 0 Å². The van der Waals surface area contributed by atoms with Crippen LogP contribution in [0.4, 0.5) is 0 Å². The zero-order valence-electron chi connectivity index (χ0n) is 13.7. The van der Waals surface area contributed by atoms with Crippen LogP contribution < -0.4 is 5.32 Å². The van der Waals surface area contributed by atoms with Gasteiger partial charge < -0.3 is 10.1 Å². The highest BCUT2D eigenvalue weighted by atomic mass is 16.5. The Bertz CT molecular complexity index is 237. The van der Waals surface area contributed by atoms with Crippen molar-refractivity contribution in [3.8, 4) is 0 Å². The summed E-state index contributed by atoms with van der Waals surface area (Å²) in [5, 5.41) is 3.65. The lowest BCUT2D eigenvalue weighted by Crippen LogP contribution is -2.51. The topological polar surface area (TPSA) is 24.5 Å². The van der Waals surface area contributed by atoms with Crippen molar-refractivity contribution in [2.45, 2.75) is 78.0 Å². The lowest BCUT2D eigenvalue weighted by atomic mass is 10.0. The first-order chi connectivity index (χ1) is 8.96. The largest absolute Gasteiger partial charge is 0.377 e. The number of hydrogen-bond acceptors (Lipinski definition) is 3. The molecule has 0 aromatic heterocycles. The molecule has 0 bridgehead atoms. The van der Waals surface area contributed by atoms with Gasteiger partial charge in [-0.15, -0.1) is 0 Å². The van der Waals surface area contributed by atoms with Crippen LogP contribution in [0.3, 0.4) is 0 Å². The molecule has 1 aliphatic rings. The van der Waals surface area contributed by atoms with E-state index in [0.717, 1.165) is 26.1 Å². The van der Waals surface area contributed by atoms with Crippen molar-refractivity contribution in [3.63, 3.8) is 0 Å². The molecule has 0 radical (unpaired) electrons. The van der Waals surface area contributed by atoms with Crippen molar-refractivity contribution in [1.82, 2.24) is 10.2 Å². The molecule has 19 heavy (non-hydrogen) atoms. The Morgan fingerprint density at radius 3 is 2.63 bits per heavy atom. The summed E-state index contributed by atoms with van der Waals surface area (Å²) in [6.07, 6.45) is 5.31. The highest BCUT2D eigenvalue weighted by Gasteiger charge is 2.26. The molecule has 0 spiro atoms. The van der Waals surface area contributed by atoms with Crippen molar-refractivity contribution in [2.75, 3.05) is 26.2 Å². The Hall–Kier alpha value is -0.120. The normalized spacial score (nSPS) is 23.5. The maximum Gasteiger partial charge on any atom is 0.0702 e. The first kappa shape index (κ1) is 16.9. The van der Waals surface area contributed by atoms with Crippen LogP contribution in [0.5, 0.6) is 0 Å². The minimum atomic E-state index is 0.210. The van der Waals surface area contributed by atoms with Gasteiger partial charge in [-0.2, -0.15) is 0 Å². The van der Waals surface area contributed by atoms with Crippen LogP contribution in [-0.2, 0) is 4.74 Å². The number of piperidine rings is 1. The Labute approximate surface area is 120 Å². The molecule has 1 aliphatic heterocycles. The van der Waals surface area contributed by atoms with E-state index in [2.05, 4.69) is 44.8 Å². The fourth-order valence-corrected chi connectivity index (χ4v) is 2.67. The zero-order valence-corrected chi connectivity index (χ0v) is 13.7. The van der Waals surface area contributed by atoms with E-state index >= 15 is 0 Å². The van der Waals surface area contributed by atoms with Crippen LogP contribution in [0.1, 0.15) is 60.3 Å². The van der Waals surface area contributed by atoms with Gasteiger partial charge >= 0.3 is 0 Å². The molecular weight excluding hydrogens is 236 g/mol. The quantitative estimate of drug-likeness (QED) is 0.769. The fraction of sp³-hybridized carbons (Fsp3) is 1.00. The standard InChI is InChI=1S/C16H34N2O/c1-6-11-19-15-9-8-10-18(13-15)14(7-2)12-17-16(3,4)5/h14-15,17H,6-13H2,1-5H3. The molecule has 2 unspecified atom stereocenters. The smallest absolute Gasteiger partial charge is 0.0702 e. The van der Waals surface area contributed by atoms with Crippen molar-refractivity contribution in [1.29, 1.82) is 0 Å². The van der Waals surface area contributed by atoms with Crippen molar-refractivity contribution < 1.29 is 4.74 Å². The number of hydrogen-bond donors (Lipinski definition) is 1. The molecule has 0 aliphatic carbocycles. The number of rotatable bonds is 7. The molecule has 3 heteroatoms. The third kappa shape index (κ3) is 6.73. The van der Waals surface area contributed by atoms with E-state index in [1.807, 2.05) is 0 Å². The molecular formula is C16H34N2O. The first-order valence-electron chi connectivity index (χ1n) is 8.07. The maximum atomic E-state index is 5.94. The van der Waals surface area contributed by atoms with Crippen LogP contribution in [0.2, 0.25) is 0 Å². The number of nitrogens with zero attached hydrogens (tertiary/aromatic N) is 1. The molecule has 0 aromatic rings.